The number of aromatic nitrogens is 2. The van der Waals surface area contributed by atoms with Gasteiger partial charge in [-0.3, -0.25) is 9.59 Å². The monoisotopic (exact) mass is 311 g/mol. The maximum atomic E-state index is 11.8. The lowest BCUT2D eigenvalue weighted by Crippen LogP contribution is -2.42. The number of nitrogens with one attached hydrogen (secondary N) is 2. The van der Waals surface area contributed by atoms with E-state index in [0.29, 0.717) is 16.6 Å². The Morgan fingerprint density at radius 1 is 1.10 bits per heavy atom. The normalized spacial score (nSPS) is 14.3. The summed E-state index contributed by atoms with van der Waals surface area (Å²) in [6.07, 6.45) is 1.13. The molecule has 0 aliphatic carbocycles. The van der Waals surface area contributed by atoms with Gasteiger partial charge in [0.15, 0.2) is 9.84 Å². The topological polar surface area (TPSA) is 126 Å². The van der Waals surface area contributed by atoms with Crippen molar-refractivity contribution in [1.29, 1.82) is 0 Å². The summed E-state index contributed by atoms with van der Waals surface area (Å²) < 4.78 is 22.5. The van der Waals surface area contributed by atoms with Crippen LogP contribution in [-0.4, -0.2) is 29.4 Å². The van der Waals surface area contributed by atoms with E-state index in [1.807, 2.05) is 0 Å². The second-order valence-corrected chi connectivity index (χ2v) is 8.16. The third kappa shape index (κ3) is 2.64. The van der Waals surface area contributed by atoms with E-state index in [0.717, 1.165) is 6.26 Å². The number of hydrogen-bond donors (Lipinski definition) is 3. The highest BCUT2D eigenvalue weighted by Crippen LogP contribution is 2.30. The number of hydrogen-bond acceptors (Lipinski definition) is 5. The molecule has 114 valence electrons. The van der Waals surface area contributed by atoms with Crippen molar-refractivity contribution in [1.82, 2.24) is 9.97 Å². The van der Waals surface area contributed by atoms with Crippen molar-refractivity contribution in [3.63, 3.8) is 0 Å². The Kier molecular flexibility index (Phi) is 3.54. The van der Waals surface area contributed by atoms with Gasteiger partial charge in [-0.05, 0) is 31.5 Å². The van der Waals surface area contributed by atoms with E-state index < -0.39 is 31.7 Å². The molecule has 7 nitrogen and oxygen atoms in total. The second kappa shape index (κ2) is 4.81. The average Bonchev–Trinajstić information content (AvgIpc) is 2.37. The molecule has 0 spiro atoms. The number of benzene rings is 1. The SMILES string of the molecule is CC(C)(C(N)c1ccc2[nH]c(=O)c(=O)[nH]c2c1)S(C)(=O)=O. The predicted molar refractivity (Wildman–Crippen MR) is 81.0 cm³/mol. The minimum atomic E-state index is -3.37. The minimum Gasteiger partial charge on any atom is -0.323 e. The van der Waals surface area contributed by atoms with Crippen molar-refractivity contribution in [2.75, 3.05) is 6.26 Å². The molecule has 4 N–H and O–H groups in total. The molecule has 1 aromatic heterocycles. The highest BCUT2D eigenvalue weighted by molar-refractivity contribution is 7.92. The van der Waals surface area contributed by atoms with Gasteiger partial charge in [0.2, 0.25) is 0 Å². The summed E-state index contributed by atoms with van der Waals surface area (Å²) in [7, 11) is -3.37. The van der Waals surface area contributed by atoms with Gasteiger partial charge >= 0.3 is 11.1 Å². The third-order valence-electron chi connectivity index (χ3n) is 3.81. The summed E-state index contributed by atoms with van der Waals surface area (Å²) in [6.45, 7) is 3.10. The Hall–Kier alpha value is -1.93. The maximum absolute atomic E-state index is 11.8. The third-order valence-corrected chi connectivity index (χ3v) is 5.98. The first-order valence-electron chi connectivity index (χ1n) is 6.25. The molecular weight excluding hydrogens is 294 g/mol. The largest absolute Gasteiger partial charge is 0.323 e. The number of rotatable bonds is 3. The summed E-state index contributed by atoms with van der Waals surface area (Å²) in [4.78, 5) is 27.5. The van der Waals surface area contributed by atoms with E-state index in [9.17, 15) is 18.0 Å². The van der Waals surface area contributed by atoms with Gasteiger partial charge in [0.05, 0.1) is 15.8 Å². The van der Waals surface area contributed by atoms with E-state index in [1.54, 1.807) is 32.0 Å². The Bertz CT molecular complexity index is 909. The molecule has 21 heavy (non-hydrogen) atoms. The molecule has 1 heterocycles. The van der Waals surface area contributed by atoms with E-state index >= 15 is 0 Å². The molecule has 0 fully saturated rings. The molecule has 0 saturated carbocycles. The van der Waals surface area contributed by atoms with Crippen LogP contribution in [0.5, 0.6) is 0 Å². The first kappa shape index (κ1) is 15.5. The fraction of sp³-hybridized carbons (Fsp3) is 0.385. The van der Waals surface area contributed by atoms with Crippen LogP contribution in [-0.2, 0) is 9.84 Å². The Morgan fingerprint density at radius 2 is 1.62 bits per heavy atom. The lowest BCUT2D eigenvalue weighted by atomic mass is 9.96. The molecule has 2 aromatic rings. The van der Waals surface area contributed by atoms with Crippen molar-refractivity contribution < 1.29 is 8.42 Å². The molecule has 0 radical (unpaired) electrons. The zero-order valence-electron chi connectivity index (χ0n) is 11.9. The molecule has 0 aliphatic rings. The first-order valence-corrected chi connectivity index (χ1v) is 8.14. The van der Waals surface area contributed by atoms with Gasteiger partial charge in [-0.1, -0.05) is 6.07 Å². The van der Waals surface area contributed by atoms with E-state index in [1.165, 1.54) is 0 Å². The van der Waals surface area contributed by atoms with Gasteiger partial charge in [-0.2, -0.15) is 0 Å². The smallest absolute Gasteiger partial charge is 0.314 e. The molecule has 0 saturated heterocycles. The highest BCUT2D eigenvalue weighted by Gasteiger charge is 2.37. The standard InChI is InChI=1S/C13H17N3O4S/c1-13(2,21(3,19)20)10(14)7-4-5-8-9(6-7)16-12(18)11(17)15-8/h4-6,10H,14H2,1-3H3,(H,15,17)(H,16,18). The van der Waals surface area contributed by atoms with Crippen LogP contribution in [0.3, 0.4) is 0 Å². The fourth-order valence-corrected chi connectivity index (χ4v) is 2.56. The number of sulfone groups is 1. The van der Waals surface area contributed by atoms with Gasteiger partial charge in [0.1, 0.15) is 0 Å². The Labute approximate surface area is 121 Å². The second-order valence-electron chi connectivity index (χ2n) is 5.57. The van der Waals surface area contributed by atoms with Crippen LogP contribution in [0.2, 0.25) is 0 Å². The predicted octanol–water partition coefficient (Wildman–Crippen LogP) is 0.0394. The Balaban J connectivity index is 2.61. The van der Waals surface area contributed by atoms with Gasteiger partial charge in [-0.15, -0.1) is 0 Å². The minimum absolute atomic E-state index is 0.400. The van der Waals surface area contributed by atoms with Crippen molar-refractivity contribution in [2.45, 2.75) is 24.6 Å². The number of fused-ring (bicyclic) bond motifs is 1. The van der Waals surface area contributed by atoms with Crippen molar-refractivity contribution >= 4 is 20.9 Å². The van der Waals surface area contributed by atoms with Crippen molar-refractivity contribution in [3.8, 4) is 0 Å². The number of H-pyrrole nitrogens is 2. The fourth-order valence-electron chi connectivity index (χ4n) is 1.96. The van der Waals surface area contributed by atoms with Crippen LogP contribution in [0.1, 0.15) is 25.5 Å². The zero-order chi connectivity index (χ0) is 16.0. The van der Waals surface area contributed by atoms with Gasteiger partial charge < -0.3 is 15.7 Å². The molecule has 0 amide bonds. The average molecular weight is 311 g/mol. The lowest BCUT2D eigenvalue weighted by Gasteiger charge is -2.30. The summed E-state index contributed by atoms with van der Waals surface area (Å²) in [5.74, 6) is 0. The van der Waals surface area contributed by atoms with Crippen LogP contribution in [0.15, 0.2) is 27.8 Å². The Morgan fingerprint density at radius 3 is 2.14 bits per heavy atom. The summed E-state index contributed by atoms with van der Waals surface area (Å²) in [5, 5.41) is 0. The zero-order valence-corrected chi connectivity index (χ0v) is 12.7. The molecule has 1 atom stereocenters. The van der Waals surface area contributed by atoms with E-state index in [2.05, 4.69) is 9.97 Å². The van der Waals surface area contributed by atoms with E-state index in [-0.39, 0.29) is 0 Å². The molecule has 1 aromatic carbocycles. The summed E-state index contributed by atoms with van der Waals surface area (Å²) in [6, 6.07) is 4.02. The molecule has 1 unspecified atom stereocenters. The van der Waals surface area contributed by atoms with Crippen LogP contribution in [0, 0.1) is 0 Å². The molecule has 2 rings (SSSR count). The van der Waals surface area contributed by atoms with Gasteiger partial charge in [-0.25, -0.2) is 8.42 Å². The highest BCUT2D eigenvalue weighted by atomic mass is 32.2. The van der Waals surface area contributed by atoms with Crippen molar-refractivity contribution in [2.24, 2.45) is 5.73 Å². The number of aromatic amines is 2. The maximum Gasteiger partial charge on any atom is 0.314 e. The quantitative estimate of drug-likeness (QED) is 0.690. The van der Waals surface area contributed by atoms with Crippen LogP contribution in [0.25, 0.3) is 11.0 Å². The lowest BCUT2D eigenvalue weighted by molar-refractivity contribution is 0.497. The van der Waals surface area contributed by atoms with Crippen molar-refractivity contribution in [3.05, 3.63) is 44.5 Å². The van der Waals surface area contributed by atoms with Crippen LogP contribution < -0.4 is 16.9 Å². The van der Waals surface area contributed by atoms with Crippen LogP contribution >= 0.6 is 0 Å². The molecular formula is C13H17N3O4S. The molecule has 0 bridgehead atoms. The molecule has 8 heteroatoms. The summed E-state index contributed by atoms with van der Waals surface area (Å²) >= 11 is 0. The number of nitrogens with two attached hydrogens (primary N) is 1. The van der Waals surface area contributed by atoms with Gasteiger partial charge in [0, 0.05) is 12.3 Å². The summed E-state index contributed by atoms with van der Waals surface area (Å²) in [5.41, 5.74) is 5.97. The van der Waals surface area contributed by atoms with Gasteiger partial charge in [0.25, 0.3) is 0 Å². The first-order chi connectivity index (χ1) is 9.54. The van der Waals surface area contributed by atoms with E-state index in [4.69, 9.17) is 5.73 Å². The van der Waals surface area contributed by atoms with Crippen LogP contribution in [0.4, 0.5) is 0 Å². The molecule has 0 aliphatic heterocycles.